The Morgan fingerprint density at radius 1 is 1.35 bits per heavy atom. The van der Waals surface area contributed by atoms with Gasteiger partial charge in [0.1, 0.15) is 21.1 Å². The van der Waals surface area contributed by atoms with Crippen molar-refractivity contribution in [1.29, 1.82) is 0 Å². The van der Waals surface area contributed by atoms with E-state index in [2.05, 4.69) is 15.3 Å². The number of amides is 2. The van der Waals surface area contributed by atoms with Crippen LogP contribution in [-0.4, -0.2) is 51.8 Å². The fourth-order valence-electron chi connectivity index (χ4n) is 2.34. The summed E-state index contributed by atoms with van der Waals surface area (Å²) in [5.41, 5.74) is 1.11. The summed E-state index contributed by atoms with van der Waals surface area (Å²) in [6.45, 7) is 0.540. The molecule has 2 amide bonds. The van der Waals surface area contributed by atoms with Crippen LogP contribution < -0.4 is 10.1 Å². The molecule has 7 nitrogen and oxygen atoms in total. The number of hydrogen-bond acceptors (Lipinski definition) is 7. The summed E-state index contributed by atoms with van der Waals surface area (Å²) in [5.74, 6) is 0.653. The van der Waals surface area contributed by atoms with Gasteiger partial charge in [-0.05, 0) is 24.1 Å². The first kappa shape index (κ1) is 18.5. The standard InChI is InChI=1S/C17H17N3O4S2/c1-24-11-4-2-10(3-5-11)6-7-18-14(23)9-25-17-20-16-15(26-17)12(21)8-13(22)19-16/h2-5,8,15,21H,6-7,9H2,1H3,(H,18,23). The van der Waals surface area contributed by atoms with Crippen molar-refractivity contribution in [3.05, 3.63) is 41.7 Å². The fourth-order valence-corrected chi connectivity index (χ4v) is 4.34. The molecule has 2 aliphatic heterocycles. The predicted octanol–water partition coefficient (Wildman–Crippen LogP) is 1.94. The molecule has 26 heavy (non-hydrogen) atoms. The number of carbonyl (C=O) groups excluding carboxylic acids is 2. The molecule has 1 aromatic carbocycles. The average Bonchev–Trinajstić information content (AvgIpc) is 3.04. The van der Waals surface area contributed by atoms with Gasteiger partial charge in [0.25, 0.3) is 5.91 Å². The van der Waals surface area contributed by atoms with Gasteiger partial charge in [0.2, 0.25) is 5.91 Å². The van der Waals surface area contributed by atoms with Gasteiger partial charge in [-0.15, -0.1) is 0 Å². The number of fused-ring (bicyclic) bond motifs is 1. The molecular weight excluding hydrogens is 374 g/mol. The predicted molar refractivity (Wildman–Crippen MR) is 104 cm³/mol. The summed E-state index contributed by atoms with van der Waals surface area (Å²) in [4.78, 5) is 31.2. The highest BCUT2D eigenvalue weighted by atomic mass is 32.2. The van der Waals surface area contributed by atoms with E-state index in [0.717, 1.165) is 23.8 Å². The topological polar surface area (TPSA) is 100 Å². The maximum Gasteiger partial charge on any atom is 0.274 e. The highest BCUT2D eigenvalue weighted by Crippen LogP contribution is 2.34. The lowest BCUT2D eigenvalue weighted by Crippen LogP contribution is -2.27. The van der Waals surface area contributed by atoms with Gasteiger partial charge in [0, 0.05) is 12.6 Å². The lowest BCUT2D eigenvalue weighted by molar-refractivity contribution is -0.118. The third kappa shape index (κ3) is 4.67. The van der Waals surface area contributed by atoms with Gasteiger partial charge < -0.3 is 15.2 Å². The van der Waals surface area contributed by atoms with E-state index in [-0.39, 0.29) is 17.4 Å². The number of thioether (sulfide) groups is 2. The van der Waals surface area contributed by atoms with E-state index >= 15 is 0 Å². The third-order valence-electron chi connectivity index (χ3n) is 3.65. The number of methoxy groups -OCH3 is 1. The van der Waals surface area contributed by atoms with Crippen LogP contribution in [0.15, 0.2) is 46.1 Å². The van der Waals surface area contributed by atoms with Gasteiger partial charge in [-0.2, -0.15) is 4.99 Å². The zero-order valence-corrected chi connectivity index (χ0v) is 15.6. The van der Waals surface area contributed by atoms with Crippen molar-refractivity contribution in [2.24, 2.45) is 9.98 Å². The summed E-state index contributed by atoms with van der Waals surface area (Å²) in [5, 5.41) is 12.2. The number of aliphatic imine (C=N–C) groups is 2. The molecule has 0 saturated carbocycles. The molecule has 2 heterocycles. The van der Waals surface area contributed by atoms with Crippen molar-refractivity contribution in [2.45, 2.75) is 11.7 Å². The maximum absolute atomic E-state index is 12.0. The van der Waals surface area contributed by atoms with E-state index in [1.54, 1.807) is 7.11 Å². The number of carbonyl (C=O) groups is 2. The number of rotatable bonds is 6. The molecular formula is C17H17N3O4S2. The van der Waals surface area contributed by atoms with Gasteiger partial charge in [0.15, 0.2) is 5.84 Å². The van der Waals surface area contributed by atoms with Crippen LogP contribution >= 0.6 is 23.5 Å². The highest BCUT2D eigenvalue weighted by molar-refractivity contribution is 8.40. The van der Waals surface area contributed by atoms with Crippen LogP contribution in [0.25, 0.3) is 0 Å². The van der Waals surface area contributed by atoms with Crippen molar-refractivity contribution in [1.82, 2.24) is 5.32 Å². The number of benzene rings is 1. The number of amidine groups is 1. The minimum atomic E-state index is -0.513. The largest absolute Gasteiger partial charge is 0.510 e. The highest BCUT2D eigenvalue weighted by Gasteiger charge is 2.33. The van der Waals surface area contributed by atoms with Crippen LogP contribution in [0, 0.1) is 0 Å². The van der Waals surface area contributed by atoms with E-state index in [4.69, 9.17) is 4.74 Å². The molecule has 1 atom stereocenters. The van der Waals surface area contributed by atoms with E-state index in [0.29, 0.717) is 16.8 Å². The van der Waals surface area contributed by atoms with Crippen LogP contribution in [0.5, 0.6) is 5.75 Å². The molecule has 1 aromatic rings. The Morgan fingerprint density at radius 2 is 2.12 bits per heavy atom. The molecule has 3 rings (SSSR count). The number of nitrogens with one attached hydrogen (secondary N) is 1. The third-order valence-corrected chi connectivity index (χ3v) is 6.01. The molecule has 9 heteroatoms. The first-order valence-electron chi connectivity index (χ1n) is 7.86. The smallest absolute Gasteiger partial charge is 0.274 e. The molecule has 0 radical (unpaired) electrons. The van der Waals surface area contributed by atoms with E-state index in [1.165, 1.54) is 23.5 Å². The number of ether oxygens (including phenoxy) is 1. The number of nitrogens with zero attached hydrogens (tertiary/aromatic N) is 2. The number of hydrogen-bond donors (Lipinski definition) is 2. The molecule has 2 N–H and O–H groups in total. The lowest BCUT2D eigenvalue weighted by atomic mass is 10.1. The Morgan fingerprint density at radius 3 is 2.85 bits per heavy atom. The molecule has 0 spiro atoms. The second-order valence-corrected chi connectivity index (χ2v) is 7.81. The van der Waals surface area contributed by atoms with E-state index in [9.17, 15) is 14.7 Å². The molecule has 1 unspecified atom stereocenters. The molecule has 2 aliphatic rings. The number of aliphatic hydroxyl groups excluding tert-OH is 1. The van der Waals surface area contributed by atoms with Gasteiger partial charge in [-0.25, -0.2) is 4.99 Å². The summed E-state index contributed by atoms with van der Waals surface area (Å²) in [6, 6.07) is 7.71. The average molecular weight is 391 g/mol. The van der Waals surface area contributed by atoms with Crippen molar-refractivity contribution < 1.29 is 19.4 Å². The quantitative estimate of drug-likeness (QED) is 0.769. The van der Waals surface area contributed by atoms with Crippen molar-refractivity contribution in [3.63, 3.8) is 0 Å². The summed E-state index contributed by atoms with van der Waals surface area (Å²) in [7, 11) is 1.62. The Bertz CT molecular complexity index is 803. The van der Waals surface area contributed by atoms with Crippen molar-refractivity contribution in [3.8, 4) is 5.75 Å². The van der Waals surface area contributed by atoms with Crippen LogP contribution in [0.2, 0.25) is 0 Å². The fraction of sp³-hybridized carbons (Fsp3) is 0.294. The Balaban J connectivity index is 1.40. The normalized spacial score (nSPS) is 18.6. The zero-order valence-electron chi connectivity index (χ0n) is 14.0. The van der Waals surface area contributed by atoms with Crippen LogP contribution in [-0.2, 0) is 16.0 Å². The molecule has 0 saturated heterocycles. The summed E-state index contributed by atoms with van der Waals surface area (Å²) in [6.07, 6.45) is 1.83. The molecule has 136 valence electrons. The van der Waals surface area contributed by atoms with Gasteiger partial charge in [0.05, 0.1) is 12.9 Å². The molecule has 0 bridgehead atoms. The Labute approximate surface area is 159 Å². The Hall–Kier alpha value is -2.26. The van der Waals surface area contributed by atoms with E-state index in [1.807, 2.05) is 24.3 Å². The number of dihydropyridines is 1. The minimum Gasteiger partial charge on any atom is -0.510 e. The van der Waals surface area contributed by atoms with Crippen molar-refractivity contribution >= 4 is 45.5 Å². The molecule has 0 fully saturated rings. The maximum atomic E-state index is 12.0. The van der Waals surface area contributed by atoms with Crippen molar-refractivity contribution in [2.75, 3.05) is 19.4 Å². The summed E-state index contributed by atoms with van der Waals surface area (Å²) < 4.78 is 5.73. The molecule has 0 aliphatic carbocycles. The minimum absolute atomic E-state index is 0.0479. The second-order valence-electron chi connectivity index (χ2n) is 5.49. The first-order valence-corrected chi connectivity index (χ1v) is 9.72. The molecule has 0 aromatic heterocycles. The Kier molecular flexibility index (Phi) is 6.00. The lowest BCUT2D eigenvalue weighted by Gasteiger charge is -2.10. The van der Waals surface area contributed by atoms with Crippen LogP contribution in [0.1, 0.15) is 5.56 Å². The SMILES string of the molecule is COc1ccc(CCNC(=O)CSC2=NC3=NC(=O)C=C(O)C3S2)cc1. The zero-order chi connectivity index (χ0) is 18.5. The summed E-state index contributed by atoms with van der Waals surface area (Å²) >= 11 is 2.56. The first-order chi connectivity index (χ1) is 12.5. The monoisotopic (exact) mass is 391 g/mol. The van der Waals surface area contributed by atoms with Gasteiger partial charge in [-0.1, -0.05) is 35.7 Å². The van der Waals surface area contributed by atoms with Crippen LogP contribution in [0.4, 0.5) is 0 Å². The van der Waals surface area contributed by atoms with Gasteiger partial charge in [-0.3, -0.25) is 9.59 Å². The van der Waals surface area contributed by atoms with Crippen LogP contribution in [0.3, 0.4) is 0 Å². The number of aliphatic hydroxyl groups is 1. The van der Waals surface area contributed by atoms with E-state index < -0.39 is 11.2 Å². The van der Waals surface area contributed by atoms with Gasteiger partial charge >= 0.3 is 0 Å². The second kappa shape index (κ2) is 8.41.